The zero-order valence-corrected chi connectivity index (χ0v) is 23.1. The summed E-state index contributed by atoms with van der Waals surface area (Å²) in [6, 6.07) is 24.7. The molecule has 0 aromatic heterocycles. The zero-order chi connectivity index (χ0) is 24.5. The van der Waals surface area contributed by atoms with Crippen LogP contribution in [0.25, 0.3) is 0 Å². The number of ether oxygens (including phenoxy) is 2. The van der Waals surface area contributed by atoms with E-state index in [1.54, 1.807) is 24.3 Å². The molecule has 4 aromatic carbocycles. The van der Waals surface area contributed by atoms with Crippen LogP contribution < -0.4 is 9.47 Å². The SMILES string of the molecule is Cc1cc(OCc2ccc(I)cc2)c2c(c1)C(=O)c1cccc(OCc3ccc(I)cc3)c1C2=O. The molecule has 4 nitrogen and oxygen atoms in total. The van der Waals surface area contributed by atoms with Crippen molar-refractivity contribution in [2.45, 2.75) is 20.1 Å². The van der Waals surface area contributed by atoms with E-state index in [2.05, 4.69) is 45.2 Å². The molecular formula is C29H20I2O4. The van der Waals surface area contributed by atoms with Gasteiger partial charge in [0.2, 0.25) is 5.78 Å². The standard InChI is InChI=1S/C29H20I2O4/c1-17-13-23-27(25(14-17)35-16-19-7-11-21(31)12-8-19)29(33)26-22(28(23)32)3-2-4-24(26)34-15-18-5-9-20(30)10-6-18/h2-14H,15-16H2,1H3. The van der Waals surface area contributed by atoms with Gasteiger partial charge in [-0.3, -0.25) is 9.59 Å². The fraction of sp³-hybridized carbons (Fsp3) is 0.103. The van der Waals surface area contributed by atoms with Gasteiger partial charge in [-0.05, 0) is 111 Å². The maximum absolute atomic E-state index is 13.8. The summed E-state index contributed by atoms with van der Waals surface area (Å²) in [4.78, 5) is 27.3. The molecule has 1 aliphatic carbocycles. The Kier molecular flexibility index (Phi) is 6.93. The van der Waals surface area contributed by atoms with E-state index in [0.29, 0.717) is 47.0 Å². The summed E-state index contributed by atoms with van der Waals surface area (Å²) in [5.74, 6) is 0.353. The van der Waals surface area contributed by atoms with Crippen LogP contribution in [-0.2, 0) is 13.2 Å². The number of hydrogen-bond acceptors (Lipinski definition) is 4. The number of ketones is 2. The molecule has 0 heterocycles. The molecule has 0 radical (unpaired) electrons. The Hall–Kier alpha value is -2.72. The van der Waals surface area contributed by atoms with Crippen LogP contribution >= 0.6 is 45.2 Å². The summed E-state index contributed by atoms with van der Waals surface area (Å²) in [5, 5.41) is 0. The molecule has 0 fully saturated rings. The third-order valence-corrected chi connectivity index (χ3v) is 7.27. The lowest BCUT2D eigenvalue weighted by molar-refractivity contribution is 0.0971. The van der Waals surface area contributed by atoms with Crippen molar-refractivity contribution in [3.8, 4) is 11.5 Å². The minimum absolute atomic E-state index is 0.197. The van der Waals surface area contributed by atoms with Gasteiger partial charge in [0.1, 0.15) is 24.7 Å². The summed E-state index contributed by atoms with van der Waals surface area (Å²) >= 11 is 4.51. The van der Waals surface area contributed by atoms with E-state index in [0.717, 1.165) is 23.8 Å². The lowest BCUT2D eigenvalue weighted by atomic mass is 9.82. The molecule has 0 amide bonds. The number of benzene rings is 4. The fourth-order valence-corrected chi connectivity index (χ4v) is 4.83. The van der Waals surface area contributed by atoms with Crippen LogP contribution in [0.5, 0.6) is 11.5 Å². The van der Waals surface area contributed by atoms with Gasteiger partial charge >= 0.3 is 0 Å². The van der Waals surface area contributed by atoms with E-state index in [1.807, 2.05) is 61.5 Å². The summed E-state index contributed by atoms with van der Waals surface area (Å²) in [5.41, 5.74) is 4.14. The molecule has 0 bridgehead atoms. The highest BCUT2D eigenvalue weighted by Gasteiger charge is 2.35. The molecule has 35 heavy (non-hydrogen) atoms. The van der Waals surface area contributed by atoms with E-state index < -0.39 is 0 Å². The van der Waals surface area contributed by atoms with Crippen LogP contribution in [0.3, 0.4) is 0 Å². The molecule has 5 rings (SSSR count). The minimum atomic E-state index is -0.259. The molecule has 0 aliphatic heterocycles. The van der Waals surface area contributed by atoms with Gasteiger partial charge in [-0.1, -0.05) is 36.4 Å². The second-order valence-corrected chi connectivity index (χ2v) is 10.8. The number of carbonyl (C=O) groups is 2. The lowest BCUT2D eigenvalue weighted by Crippen LogP contribution is -2.23. The highest BCUT2D eigenvalue weighted by Crippen LogP contribution is 2.38. The molecule has 0 spiro atoms. The van der Waals surface area contributed by atoms with E-state index >= 15 is 0 Å². The Morgan fingerprint density at radius 2 is 1.17 bits per heavy atom. The quantitative estimate of drug-likeness (QED) is 0.179. The second kappa shape index (κ2) is 10.1. The van der Waals surface area contributed by atoms with E-state index in [-0.39, 0.29) is 11.6 Å². The van der Waals surface area contributed by atoms with Crippen LogP contribution in [-0.4, -0.2) is 11.6 Å². The molecule has 0 atom stereocenters. The Balaban J connectivity index is 1.49. The van der Waals surface area contributed by atoms with Crippen LogP contribution in [0.15, 0.2) is 78.9 Å². The van der Waals surface area contributed by atoms with Gasteiger partial charge in [0.05, 0.1) is 11.1 Å². The first-order chi connectivity index (χ1) is 16.9. The van der Waals surface area contributed by atoms with E-state index in [9.17, 15) is 9.59 Å². The van der Waals surface area contributed by atoms with Crippen molar-refractivity contribution in [2.75, 3.05) is 0 Å². The van der Waals surface area contributed by atoms with Crippen LogP contribution in [0.2, 0.25) is 0 Å². The van der Waals surface area contributed by atoms with Crippen molar-refractivity contribution in [1.29, 1.82) is 0 Å². The van der Waals surface area contributed by atoms with Crippen molar-refractivity contribution < 1.29 is 19.1 Å². The molecular weight excluding hydrogens is 666 g/mol. The average molecular weight is 686 g/mol. The highest BCUT2D eigenvalue weighted by atomic mass is 127. The minimum Gasteiger partial charge on any atom is -0.488 e. The maximum atomic E-state index is 13.8. The van der Waals surface area contributed by atoms with Gasteiger partial charge in [-0.15, -0.1) is 0 Å². The Bertz CT molecular complexity index is 1440. The number of rotatable bonds is 6. The number of aryl methyl sites for hydroxylation is 1. The van der Waals surface area contributed by atoms with E-state index in [4.69, 9.17) is 9.47 Å². The molecule has 4 aromatic rings. The first-order valence-corrected chi connectivity index (χ1v) is 13.2. The summed E-state index contributed by atoms with van der Waals surface area (Å²) < 4.78 is 14.4. The van der Waals surface area contributed by atoms with Crippen molar-refractivity contribution in [3.63, 3.8) is 0 Å². The summed E-state index contributed by atoms with van der Waals surface area (Å²) in [7, 11) is 0. The molecule has 0 N–H and O–H groups in total. The Morgan fingerprint density at radius 1 is 0.629 bits per heavy atom. The average Bonchev–Trinajstić information content (AvgIpc) is 2.86. The third-order valence-electron chi connectivity index (χ3n) is 5.83. The van der Waals surface area contributed by atoms with Crippen molar-refractivity contribution in [1.82, 2.24) is 0 Å². The Labute approximate surface area is 230 Å². The first kappa shape index (κ1) is 24.0. The van der Waals surface area contributed by atoms with Crippen LogP contribution in [0, 0.1) is 14.1 Å². The first-order valence-electron chi connectivity index (χ1n) is 11.0. The number of hydrogen-bond donors (Lipinski definition) is 0. The predicted molar refractivity (Wildman–Crippen MR) is 151 cm³/mol. The van der Waals surface area contributed by atoms with Crippen molar-refractivity contribution in [2.24, 2.45) is 0 Å². The normalized spacial score (nSPS) is 12.2. The third kappa shape index (κ3) is 4.99. The van der Waals surface area contributed by atoms with Gasteiger partial charge in [0.25, 0.3) is 0 Å². The van der Waals surface area contributed by atoms with Gasteiger partial charge < -0.3 is 9.47 Å². The molecule has 0 saturated carbocycles. The van der Waals surface area contributed by atoms with Gasteiger partial charge in [0.15, 0.2) is 5.78 Å². The lowest BCUT2D eigenvalue weighted by Gasteiger charge is -2.23. The van der Waals surface area contributed by atoms with Gasteiger partial charge in [0, 0.05) is 18.3 Å². The smallest absolute Gasteiger partial charge is 0.201 e. The van der Waals surface area contributed by atoms with Crippen molar-refractivity contribution >= 4 is 56.7 Å². The van der Waals surface area contributed by atoms with Crippen molar-refractivity contribution in [3.05, 3.63) is 125 Å². The molecule has 174 valence electrons. The molecule has 0 saturated heterocycles. The summed E-state index contributed by atoms with van der Waals surface area (Å²) in [6.45, 7) is 2.49. The predicted octanol–water partition coefficient (Wildman–Crippen LogP) is 7.14. The topological polar surface area (TPSA) is 52.6 Å². The summed E-state index contributed by atoms with van der Waals surface area (Å²) in [6.07, 6.45) is 0. The number of fused-ring (bicyclic) bond motifs is 2. The van der Waals surface area contributed by atoms with Crippen LogP contribution in [0.4, 0.5) is 0 Å². The zero-order valence-electron chi connectivity index (χ0n) is 18.8. The van der Waals surface area contributed by atoms with Gasteiger partial charge in [-0.2, -0.15) is 0 Å². The molecule has 6 heteroatoms. The number of carbonyl (C=O) groups excluding carboxylic acids is 2. The Morgan fingerprint density at radius 3 is 1.77 bits per heavy atom. The fourth-order valence-electron chi connectivity index (χ4n) is 4.11. The largest absolute Gasteiger partial charge is 0.488 e. The van der Waals surface area contributed by atoms with Crippen LogP contribution in [0.1, 0.15) is 48.5 Å². The monoisotopic (exact) mass is 686 g/mol. The molecule has 0 unspecified atom stereocenters. The maximum Gasteiger partial charge on any atom is 0.201 e. The second-order valence-electron chi connectivity index (χ2n) is 8.35. The highest BCUT2D eigenvalue weighted by molar-refractivity contribution is 14.1. The molecule has 1 aliphatic rings. The number of halogens is 2. The van der Waals surface area contributed by atoms with E-state index in [1.165, 1.54) is 0 Å². The van der Waals surface area contributed by atoms with Gasteiger partial charge in [-0.25, -0.2) is 0 Å².